The van der Waals surface area contributed by atoms with Crippen LogP contribution in [0.1, 0.15) is 31.2 Å². The number of carboxylic acids is 1. The number of aromatic nitrogens is 2. The zero-order valence-electron chi connectivity index (χ0n) is 11.3. The number of thioether (sulfide) groups is 1. The first-order chi connectivity index (χ1) is 9.51. The topological polar surface area (TPSA) is 86.3 Å². The van der Waals surface area contributed by atoms with Crippen LogP contribution in [0.4, 0.5) is 0 Å². The summed E-state index contributed by atoms with van der Waals surface area (Å²) in [5, 5.41) is 9.41. The summed E-state index contributed by atoms with van der Waals surface area (Å²) in [6.45, 7) is 2.23. The molecule has 1 fully saturated rings. The summed E-state index contributed by atoms with van der Waals surface area (Å²) in [6.07, 6.45) is 3.66. The van der Waals surface area contributed by atoms with Crippen molar-refractivity contribution < 1.29 is 14.7 Å². The van der Waals surface area contributed by atoms with Gasteiger partial charge in [-0.25, -0.2) is 9.78 Å². The van der Waals surface area contributed by atoms with E-state index in [4.69, 9.17) is 0 Å². The third-order valence-electron chi connectivity index (χ3n) is 4.12. The number of nitrogens with zero attached hydrogens (tertiary/aromatic N) is 2. The van der Waals surface area contributed by atoms with Crippen molar-refractivity contribution in [3.63, 3.8) is 0 Å². The first-order valence-corrected chi connectivity index (χ1v) is 7.69. The van der Waals surface area contributed by atoms with Crippen molar-refractivity contribution in [1.82, 2.24) is 14.9 Å². The SMILES string of the molecule is CC1(C(=O)N2Cc3[nH]cnc3CC2C(=O)O)CCCS1. The number of carbonyl (C=O) groups excluding carboxylic acids is 1. The lowest BCUT2D eigenvalue weighted by molar-refractivity contribution is -0.152. The van der Waals surface area contributed by atoms with E-state index in [0.717, 1.165) is 30.0 Å². The van der Waals surface area contributed by atoms with E-state index in [-0.39, 0.29) is 12.3 Å². The molecule has 7 heteroatoms. The number of amides is 1. The minimum atomic E-state index is -0.960. The highest BCUT2D eigenvalue weighted by Crippen LogP contribution is 2.40. The maximum absolute atomic E-state index is 12.8. The number of fused-ring (bicyclic) bond motifs is 1. The molecule has 20 heavy (non-hydrogen) atoms. The number of aromatic amines is 1. The van der Waals surface area contributed by atoms with Gasteiger partial charge in [0.25, 0.3) is 0 Å². The van der Waals surface area contributed by atoms with Crippen LogP contribution in [0.25, 0.3) is 0 Å². The van der Waals surface area contributed by atoms with Crippen molar-refractivity contribution in [3.8, 4) is 0 Å². The van der Waals surface area contributed by atoms with Crippen molar-refractivity contribution in [2.45, 2.75) is 43.5 Å². The predicted molar refractivity (Wildman–Crippen MR) is 74.4 cm³/mol. The van der Waals surface area contributed by atoms with Gasteiger partial charge in [0.15, 0.2) is 0 Å². The zero-order chi connectivity index (χ0) is 14.3. The van der Waals surface area contributed by atoms with Crippen molar-refractivity contribution in [2.24, 2.45) is 0 Å². The lowest BCUT2D eigenvalue weighted by Crippen LogP contribution is -2.54. The largest absolute Gasteiger partial charge is 0.480 e. The predicted octanol–water partition coefficient (Wildman–Crippen LogP) is 1.03. The Hall–Kier alpha value is -1.50. The van der Waals surface area contributed by atoms with E-state index in [0.29, 0.717) is 6.54 Å². The van der Waals surface area contributed by atoms with Crippen LogP contribution in [0.5, 0.6) is 0 Å². The lowest BCUT2D eigenvalue weighted by Gasteiger charge is -2.37. The molecule has 2 aliphatic rings. The van der Waals surface area contributed by atoms with Crippen molar-refractivity contribution >= 4 is 23.6 Å². The third kappa shape index (κ3) is 2.09. The van der Waals surface area contributed by atoms with Gasteiger partial charge in [-0.1, -0.05) is 0 Å². The molecule has 2 atom stereocenters. The number of rotatable bonds is 2. The number of hydrogen-bond donors (Lipinski definition) is 2. The van der Waals surface area contributed by atoms with Crippen LogP contribution >= 0.6 is 11.8 Å². The van der Waals surface area contributed by atoms with Gasteiger partial charge in [0.1, 0.15) is 6.04 Å². The average molecular weight is 295 g/mol. The summed E-state index contributed by atoms with van der Waals surface area (Å²) < 4.78 is -0.481. The molecule has 0 spiro atoms. The summed E-state index contributed by atoms with van der Waals surface area (Å²) in [7, 11) is 0. The summed E-state index contributed by atoms with van der Waals surface area (Å²) >= 11 is 1.63. The van der Waals surface area contributed by atoms with Gasteiger partial charge in [-0.15, -0.1) is 11.8 Å². The summed E-state index contributed by atoms with van der Waals surface area (Å²) in [5.74, 6) is -0.0606. The van der Waals surface area contributed by atoms with Gasteiger partial charge in [-0.3, -0.25) is 4.79 Å². The molecular formula is C13H17N3O3S. The van der Waals surface area contributed by atoms with Gasteiger partial charge in [0.05, 0.1) is 29.0 Å². The lowest BCUT2D eigenvalue weighted by atomic mass is 9.97. The Morgan fingerprint density at radius 1 is 1.60 bits per heavy atom. The molecular weight excluding hydrogens is 278 g/mol. The van der Waals surface area contributed by atoms with E-state index in [9.17, 15) is 14.7 Å². The highest BCUT2D eigenvalue weighted by molar-refractivity contribution is 8.01. The quantitative estimate of drug-likeness (QED) is 0.851. The maximum atomic E-state index is 12.8. The smallest absolute Gasteiger partial charge is 0.326 e. The van der Waals surface area contributed by atoms with Crippen LogP contribution in [0.2, 0.25) is 0 Å². The fourth-order valence-corrected chi connectivity index (χ4v) is 4.19. The van der Waals surface area contributed by atoms with Crippen LogP contribution in [-0.2, 0) is 22.6 Å². The molecule has 0 saturated carbocycles. The molecule has 1 saturated heterocycles. The molecule has 108 valence electrons. The maximum Gasteiger partial charge on any atom is 0.326 e. The number of nitrogens with one attached hydrogen (secondary N) is 1. The molecule has 2 aliphatic heterocycles. The zero-order valence-corrected chi connectivity index (χ0v) is 12.1. The number of H-pyrrole nitrogens is 1. The number of carbonyl (C=O) groups is 2. The monoisotopic (exact) mass is 295 g/mol. The molecule has 0 aliphatic carbocycles. The van der Waals surface area contributed by atoms with E-state index in [1.807, 2.05) is 6.92 Å². The molecule has 0 radical (unpaired) electrons. The van der Waals surface area contributed by atoms with Crippen molar-refractivity contribution in [3.05, 3.63) is 17.7 Å². The fourth-order valence-electron chi connectivity index (χ4n) is 2.92. The Labute approximate surface area is 120 Å². The van der Waals surface area contributed by atoms with E-state index < -0.39 is 16.8 Å². The standard InChI is InChI=1S/C13H17N3O3S/c1-13(3-2-4-20-13)12(19)16-6-9-8(14-7-15-9)5-10(16)11(17)18/h7,10H,2-6H2,1H3,(H,14,15)(H,17,18). The average Bonchev–Trinajstić information content (AvgIpc) is 3.05. The van der Waals surface area contributed by atoms with Crippen molar-refractivity contribution in [1.29, 1.82) is 0 Å². The molecule has 3 rings (SSSR count). The van der Waals surface area contributed by atoms with Gasteiger partial charge >= 0.3 is 5.97 Å². The Kier molecular flexibility index (Phi) is 3.24. The van der Waals surface area contributed by atoms with Gasteiger partial charge in [0, 0.05) is 6.42 Å². The van der Waals surface area contributed by atoms with E-state index >= 15 is 0 Å². The third-order valence-corrected chi connectivity index (χ3v) is 5.62. The highest BCUT2D eigenvalue weighted by Gasteiger charge is 2.45. The minimum Gasteiger partial charge on any atom is -0.480 e. The number of hydrogen-bond acceptors (Lipinski definition) is 4. The van der Waals surface area contributed by atoms with Crippen LogP contribution in [0.3, 0.4) is 0 Å². The normalized spacial score (nSPS) is 29.2. The second kappa shape index (κ2) is 4.80. The molecule has 2 N–H and O–H groups in total. The fraction of sp³-hybridized carbons (Fsp3) is 0.615. The molecule has 3 heterocycles. The highest BCUT2D eigenvalue weighted by atomic mass is 32.2. The Balaban J connectivity index is 1.90. The van der Waals surface area contributed by atoms with Crippen LogP contribution in [0, 0.1) is 0 Å². The second-order valence-corrected chi connectivity index (χ2v) is 7.10. The van der Waals surface area contributed by atoms with E-state index in [1.165, 1.54) is 4.90 Å². The molecule has 1 aromatic heterocycles. The molecule has 1 amide bonds. The minimum absolute atomic E-state index is 0.0624. The second-order valence-electron chi connectivity index (χ2n) is 5.50. The summed E-state index contributed by atoms with van der Waals surface area (Å²) in [4.78, 5) is 32.9. The van der Waals surface area contributed by atoms with Gasteiger partial charge in [-0.05, 0) is 25.5 Å². The molecule has 6 nitrogen and oxygen atoms in total. The Morgan fingerprint density at radius 2 is 2.40 bits per heavy atom. The van der Waals surface area contributed by atoms with Crippen LogP contribution < -0.4 is 0 Å². The van der Waals surface area contributed by atoms with Crippen LogP contribution in [0.15, 0.2) is 6.33 Å². The Bertz CT molecular complexity index is 551. The number of carboxylic acid groups (broad SMARTS) is 1. The summed E-state index contributed by atoms with van der Waals surface area (Å²) in [5.41, 5.74) is 1.60. The van der Waals surface area contributed by atoms with Crippen LogP contribution in [-0.4, -0.2) is 48.4 Å². The van der Waals surface area contributed by atoms with Gasteiger partial charge in [0.2, 0.25) is 5.91 Å². The van der Waals surface area contributed by atoms with Gasteiger partial charge in [-0.2, -0.15) is 0 Å². The first-order valence-electron chi connectivity index (χ1n) is 6.70. The number of aliphatic carboxylic acids is 1. The first kappa shape index (κ1) is 13.5. The van der Waals surface area contributed by atoms with E-state index in [2.05, 4.69) is 9.97 Å². The molecule has 0 bridgehead atoms. The summed E-state index contributed by atoms with van der Waals surface area (Å²) in [6, 6.07) is -0.809. The van der Waals surface area contributed by atoms with Crippen molar-refractivity contribution in [2.75, 3.05) is 5.75 Å². The molecule has 1 aromatic rings. The molecule has 2 unspecified atom stereocenters. The number of imidazole rings is 1. The molecule has 0 aromatic carbocycles. The van der Waals surface area contributed by atoms with E-state index in [1.54, 1.807) is 18.1 Å². The Morgan fingerprint density at radius 3 is 3.05 bits per heavy atom. The van der Waals surface area contributed by atoms with Gasteiger partial charge < -0.3 is 15.0 Å².